The normalized spacial score (nSPS) is 15.6. The molecule has 6 heteroatoms. The highest BCUT2D eigenvalue weighted by atomic mass is 16.3. The maximum absolute atomic E-state index is 9.60. The van der Waals surface area contributed by atoms with Crippen LogP contribution in [-0.2, 0) is 9.59 Å². The first-order valence-corrected chi connectivity index (χ1v) is 23.0. The van der Waals surface area contributed by atoms with Gasteiger partial charge in [0.2, 0.25) is 0 Å². The van der Waals surface area contributed by atoms with Crippen molar-refractivity contribution in [3.05, 3.63) is 0 Å². The van der Waals surface area contributed by atoms with Gasteiger partial charge in [0, 0.05) is 6.54 Å². The van der Waals surface area contributed by atoms with Crippen LogP contribution in [0.1, 0.15) is 239 Å². The van der Waals surface area contributed by atoms with Crippen LogP contribution in [-0.4, -0.2) is 59.4 Å². The van der Waals surface area contributed by atoms with Crippen molar-refractivity contribution in [3.63, 3.8) is 0 Å². The van der Waals surface area contributed by atoms with Gasteiger partial charge in [-0.2, -0.15) is 0 Å². The number of nitrogens with zero attached hydrogens (tertiary/aromatic N) is 1. The summed E-state index contributed by atoms with van der Waals surface area (Å²) < 4.78 is 0. The van der Waals surface area contributed by atoms with Gasteiger partial charge in [-0.15, -0.1) is 0 Å². The van der Waals surface area contributed by atoms with E-state index in [1.165, 1.54) is 231 Å². The first-order valence-electron chi connectivity index (χ1n) is 23.0. The third-order valence-electron chi connectivity index (χ3n) is 11.7. The fraction of sp³-hybridized carbons (Fsp3) is 0.957. The average molecular weight is 740 g/mol. The smallest absolute Gasteiger partial charge is 0.290 e. The topological polar surface area (TPSA) is 98.1 Å². The third kappa shape index (κ3) is 40.1. The highest BCUT2D eigenvalue weighted by molar-refractivity contribution is 5.33. The van der Waals surface area contributed by atoms with Gasteiger partial charge in [0.05, 0.1) is 6.61 Å². The van der Waals surface area contributed by atoms with Crippen LogP contribution in [0, 0.1) is 17.8 Å². The molecule has 0 radical (unpaired) electrons. The largest absolute Gasteiger partial charge is 0.483 e. The number of unbranched alkanes of at least 4 members (excludes halogenated alkanes) is 20. The summed E-state index contributed by atoms with van der Waals surface area (Å²) >= 11 is 0. The molecule has 0 spiro atoms. The van der Waals surface area contributed by atoms with Crippen molar-refractivity contribution in [2.45, 2.75) is 239 Å². The van der Waals surface area contributed by atoms with E-state index in [1.54, 1.807) is 0 Å². The minimum Gasteiger partial charge on any atom is -0.483 e. The zero-order valence-electron chi connectivity index (χ0n) is 35.4. The number of hydrogen-bond donors (Lipinski definition) is 3. The van der Waals surface area contributed by atoms with Crippen LogP contribution in [0.25, 0.3) is 0 Å². The number of hydrogen-bond acceptors (Lipinski definition) is 4. The Bertz CT molecular complexity index is 647. The van der Waals surface area contributed by atoms with Gasteiger partial charge in [-0.25, -0.2) is 0 Å². The van der Waals surface area contributed by atoms with Gasteiger partial charge in [0.15, 0.2) is 0 Å². The lowest BCUT2D eigenvalue weighted by molar-refractivity contribution is -0.123. The number of rotatable bonds is 36. The molecule has 3 N–H and O–H groups in total. The molecule has 0 heterocycles. The van der Waals surface area contributed by atoms with E-state index in [2.05, 4.69) is 25.7 Å². The first kappa shape index (κ1) is 53.0. The second kappa shape index (κ2) is 46.0. The Hall–Kier alpha value is -1.14. The molecule has 0 atom stereocenters. The lowest BCUT2D eigenvalue weighted by Gasteiger charge is -2.28. The highest BCUT2D eigenvalue weighted by Crippen LogP contribution is 2.34. The fourth-order valence-electron chi connectivity index (χ4n) is 8.50. The first-order chi connectivity index (χ1) is 25.6. The van der Waals surface area contributed by atoms with E-state index >= 15 is 0 Å². The van der Waals surface area contributed by atoms with Crippen molar-refractivity contribution < 1.29 is 24.9 Å². The molecule has 0 aliphatic heterocycles. The molecular formula is C46H93NO5. The molecule has 0 unspecified atom stereocenters. The van der Waals surface area contributed by atoms with Crippen LogP contribution in [0.3, 0.4) is 0 Å². The summed E-state index contributed by atoms with van der Waals surface area (Å²) in [5.74, 6) is 3.11. The van der Waals surface area contributed by atoms with E-state index < -0.39 is 0 Å². The molecule has 0 aromatic rings. The van der Waals surface area contributed by atoms with Gasteiger partial charge in [0.25, 0.3) is 12.9 Å². The molecule has 1 rings (SSSR count). The Labute approximate surface area is 325 Å². The Kier molecular flexibility index (Phi) is 46.9. The van der Waals surface area contributed by atoms with Crippen LogP contribution < -0.4 is 0 Å². The van der Waals surface area contributed by atoms with Crippen molar-refractivity contribution in [2.75, 3.05) is 26.2 Å². The van der Waals surface area contributed by atoms with Gasteiger partial charge >= 0.3 is 0 Å². The molecule has 0 saturated heterocycles. The molecule has 1 aliphatic rings. The predicted molar refractivity (Wildman–Crippen MR) is 225 cm³/mol. The maximum Gasteiger partial charge on any atom is 0.290 e. The SMILES string of the molecule is CCCCCCCCC(CCCCCCCC)CCCCCCCN(CCO)CCCCCCCCCC1CCC(CCC)CC1.O=CO.O=CO. The van der Waals surface area contributed by atoms with Crippen molar-refractivity contribution >= 4 is 12.9 Å². The van der Waals surface area contributed by atoms with E-state index in [-0.39, 0.29) is 12.9 Å². The zero-order valence-corrected chi connectivity index (χ0v) is 35.4. The Morgan fingerprint density at radius 1 is 0.462 bits per heavy atom. The molecule has 0 bridgehead atoms. The number of carbonyl (C=O) groups is 2. The maximum atomic E-state index is 9.60. The van der Waals surface area contributed by atoms with Gasteiger partial charge in [0.1, 0.15) is 0 Å². The van der Waals surface area contributed by atoms with E-state index in [9.17, 15) is 5.11 Å². The molecule has 0 amide bonds. The second-order valence-electron chi connectivity index (χ2n) is 16.3. The molecule has 1 fully saturated rings. The van der Waals surface area contributed by atoms with Gasteiger partial charge in [-0.1, -0.05) is 226 Å². The Balaban J connectivity index is 0. The minimum absolute atomic E-state index is 0.250. The van der Waals surface area contributed by atoms with E-state index in [0.29, 0.717) is 6.61 Å². The van der Waals surface area contributed by atoms with Crippen molar-refractivity contribution in [1.29, 1.82) is 0 Å². The van der Waals surface area contributed by atoms with Gasteiger partial charge < -0.3 is 20.2 Å². The van der Waals surface area contributed by atoms with E-state index in [1.807, 2.05) is 0 Å². The Morgan fingerprint density at radius 3 is 1.15 bits per heavy atom. The summed E-state index contributed by atoms with van der Waals surface area (Å²) in [6.45, 7) is 10.1. The van der Waals surface area contributed by atoms with E-state index in [4.69, 9.17) is 19.8 Å². The van der Waals surface area contributed by atoms with Crippen LogP contribution in [0.2, 0.25) is 0 Å². The minimum atomic E-state index is -0.250. The second-order valence-corrected chi connectivity index (χ2v) is 16.3. The summed E-state index contributed by atoms with van der Waals surface area (Å²) in [6, 6.07) is 0. The molecular weight excluding hydrogens is 647 g/mol. The van der Waals surface area contributed by atoms with Crippen LogP contribution in [0.4, 0.5) is 0 Å². The predicted octanol–water partition coefficient (Wildman–Crippen LogP) is 13.9. The lowest BCUT2D eigenvalue weighted by atomic mass is 9.78. The number of aliphatic hydroxyl groups excluding tert-OH is 1. The molecule has 52 heavy (non-hydrogen) atoms. The lowest BCUT2D eigenvalue weighted by Crippen LogP contribution is -2.29. The summed E-state index contributed by atoms with van der Waals surface area (Å²) in [5.41, 5.74) is 0. The summed E-state index contributed by atoms with van der Waals surface area (Å²) in [4.78, 5) is 19.3. The highest BCUT2D eigenvalue weighted by Gasteiger charge is 2.20. The summed E-state index contributed by atoms with van der Waals surface area (Å²) in [5, 5.41) is 23.4. The third-order valence-corrected chi connectivity index (χ3v) is 11.7. The van der Waals surface area contributed by atoms with Gasteiger partial charge in [-0.3, -0.25) is 9.59 Å². The van der Waals surface area contributed by atoms with Crippen LogP contribution in [0.5, 0.6) is 0 Å². The average Bonchev–Trinajstić information content (AvgIpc) is 3.14. The van der Waals surface area contributed by atoms with Crippen LogP contribution >= 0.6 is 0 Å². The van der Waals surface area contributed by atoms with E-state index in [0.717, 1.165) is 24.3 Å². The number of carboxylic acid groups (broad SMARTS) is 2. The van der Waals surface area contributed by atoms with Crippen molar-refractivity contribution in [3.8, 4) is 0 Å². The summed E-state index contributed by atoms with van der Waals surface area (Å²) in [7, 11) is 0. The molecule has 0 aromatic carbocycles. The van der Waals surface area contributed by atoms with Crippen molar-refractivity contribution in [2.24, 2.45) is 17.8 Å². The quantitative estimate of drug-likeness (QED) is 0.0437. The molecule has 312 valence electrons. The standard InChI is InChI=1S/C44H89NO.2CH2O2/c1-4-7-9-11-17-23-30-43(31-24-18-12-10-8-5-2)32-25-20-16-22-28-39-45(40-41-46)38-27-21-15-13-14-19-26-33-44-36-34-42(29-6-3)35-37-44;2*2-1-3/h42-44,46H,4-41H2,1-3H3;2*1H,(H,2,3). The van der Waals surface area contributed by atoms with Crippen molar-refractivity contribution in [1.82, 2.24) is 4.90 Å². The monoisotopic (exact) mass is 740 g/mol. The molecule has 0 aromatic heterocycles. The molecule has 1 saturated carbocycles. The van der Waals surface area contributed by atoms with Crippen LogP contribution in [0.15, 0.2) is 0 Å². The Morgan fingerprint density at radius 2 is 0.788 bits per heavy atom. The summed E-state index contributed by atoms with van der Waals surface area (Å²) in [6.07, 6.45) is 49.2. The molecule has 6 nitrogen and oxygen atoms in total. The zero-order chi connectivity index (χ0) is 38.6. The molecule has 1 aliphatic carbocycles. The number of aliphatic hydroxyl groups is 1. The van der Waals surface area contributed by atoms with Gasteiger partial charge in [-0.05, 0) is 43.7 Å². The fourth-order valence-corrected chi connectivity index (χ4v) is 8.50.